The second-order valence-electron chi connectivity index (χ2n) is 11.0. The summed E-state index contributed by atoms with van der Waals surface area (Å²) < 4.78 is 38.5. The first-order valence-electron chi connectivity index (χ1n) is 14.1. The van der Waals surface area contributed by atoms with E-state index in [0.29, 0.717) is 23.8 Å². The van der Waals surface area contributed by atoms with Crippen LogP contribution in [0.5, 0.6) is 0 Å². The third-order valence-electron chi connectivity index (χ3n) is 8.14. The molecule has 0 aromatic heterocycles. The van der Waals surface area contributed by atoms with Gasteiger partial charge < -0.3 is 10.2 Å². The van der Waals surface area contributed by atoms with Crippen molar-refractivity contribution in [3.63, 3.8) is 0 Å². The fourth-order valence-electron chi connectivity index (χ4n) is 5.70. The van der Waals surface area contributed by atoms with Gasteiger partial charge in [-0.3, -0.25) is 9.59 Å². The topological polar surface area (TPSA) is 86.8 Å². The summed E-state index contributed by atoms with van der Waals surface area (Å²) in [6, 6.07) is 23.1. The van der Waals surface area contributed by atoms with Gasteiger partial charge in [-0.1, -0.05) is 61.0 Å². The number of carbonyl (C=O) groups excluding carboxylic acids is 2. The van der Waals surface area contributed by atoms with Crippen LogP contribution in [0.3, 0.4) is 0 Å². The Balaban J connectivity index is 1.24. The summed E-state index contributed by atoms with van der Waals surface area (Å²) in [7, 11) is -3.32. The number of halogens is 1. The molecule has 1 saturated carbocycles. The predicted octanol–water partition coefficient (Wildman–Crippen LogP) is 4.67. The molecule has 0 spiro atoms. The van der Waals surface area contributed by atoms with Crippen LogP contribution in [0, 0.1) is 11.7 Å². The molecule has 2 aliphatic rings. The first-order valence-corrected chi connectivity index (χ1v) is 16.0. The number of nitrogens with zero attached hydrogens (tertiary/aromatic N) is 2. The largest absolute Gasteiger partial charge is 0.340 e. The van der Waals surface area contributed by atoms with Crippen molar-refractivity contribution in [2.45, 2.75) is 37.6 Å². The maximum atomic E-state index is 13.6. The molecule has 5 rings (SSSR count). The van der Waals surface area contributed by atoms with Crippen LogP contribution >= 0.6 is 0 Å². The van der Waals surface area contributed by atoms with E-state index < -0.39 is 16.1 Å². The molecule has 41 heavy (non-hydrogen) atoms. The van der Waals surface area contributed by atoms with Gasteiger partial charge in [-0.05, 0) is 72.1 Å². The number of rotatable bonds is 10. The summed E-state index contributed by atoms with van der Waals surface area (Å²) in [5.74, 6) is 0.148. The van der Waals surface area contributed by atoms with Gasteiger partial charge in [0, 0.05) is 31.7 Å². The number of amides is 2. The van der Waals surface area contributed by atoms with Gasteiger partial charge in [0.1, 0.15) is 11.9 Å². The van der Waals surface area contributed by atoms with Crippen molar-refractivity contribution in [3.8, 4) is 11.1 Å². The molecule has 0 unspecified atom stereocenters. The van der Waals surface area contributed by atoms with E-state index in [1.807, 2.05) is 60.7 Å². The van der Waals surface area contributed by atoms with Crippen molar-refractivity contribution >= 4 is 21.8 Å². The van der Waals surface area contributed by atoms with E-state index in [1.165, 1.54) is 22.7 Å². The third kappa shape index (κ3) is 7.40. The number of benzene rings is 3. The standard InChI is InChI=1S/C32H36FN3O4S/c1-41(39,40)36-19-17-35(18-20-36)32(38)30(12-6-10-26-22-29(26)24-13-15-28(33)16-14-24)34-31(37)27-11-5-9-25(21-27)23-7-3-2-4-8-23/h2-5,7-9,11,13-16,21,26,29-30H,6,10,12,17-20,22H2,1H3,(H,34,37)/t26-,29+,30+/m1/s1. The molecule has 3 atom stereocenters. The molecular formula is C32H36FN3O4S. The molecule has 216 valence electrons. The fourth-order valence-corrected chi connectivity index (χ4v) is 6.53. The molecule has 2 fully saturated rings. The van der Waals surface area contributed by atoms with Crippen LogP contribution in [0.2, 0.25) is 0 Å². The van der Waals surface area contributed by atoms with E-state index in [-0.39, 0.29) is 43.8 Å². The van der Waals surface area contributed by atoms with Crippen molar-refractivity contribution in [2.75, 3.05) is 32.4 Å². The van der Waals surface area contributed by atoms with E-state index in [1.54, 1.807) is 11.0 Å². The second kappa shape index (κ2) is 12.5. The zero-order valence-corrected chi connectivity index (χ0v) is 24.0. The molecule has 1 heterocycles. The summed E-state index contributed by atoms with van der Waals surface area (Å²) in [6.07, 6.45) is 4.37. The van der Waals surface area contributed by atoms with E-state index in [0.717, 1.165) is 36.0 Å². The first-order chi connectivity index (χ1) is 19.7. The number of hydrogen-bond acceptors (Lipinski definition) is 4. The molecule has 0 bridgehead atoms. The highest BCUT2D eigenvalue weighted by Crippen LogP contribution is 2.50. The monoisotopic (exact) mass is 577 g/mol. The molecule has 1 saturated heterocycles. The lowest BCUT2D eigenvalue weighted by molar-refractivity contribution is -0.134. The van der Waals surface area contributed by atoms with Crippen LogP contribution in [0.15, 0.2) is 78.9 Å². The van der Waals surface area contributed by atoms with Gasteiger partial charge in [0.05, 0.1) is 6.26 Å². The Labute approximate surface area is 241 Å². The van der Waals surface area contributed by atoms with Crippen LogP contribution < -0.4 is 5.32 Å². The zero-order valence-electron chi connectivity index (χ0n) is 23.2. The minimum absolute atomic E-state index is 0.184. The lowest BCUT2D eigenvalue weighted by Crippen LogP contribution is -2.55. The Morgan fingerprint density at radius 1 is 0.927 bits per heavy atom. The van der Waals surface area contributed by atoms with E-state index in [2.05, 4.69) is 5.32 Å². The van der Waals surface area contributed by atoms with Crippen molar-refractivity contribution in [2.24, 2.45) is 5.92 Å². The van der Waals surface area contributed by atoms with Crippen LogP contribution in [-0.4, -0.2) is 67.9 Å². The SMILES string of the molecule is CS(=O)(=O)N1CCN(C(=O)[C@H](CCC[C@@H]2C[C@H]2c2ccc(F)cc2)NC(=O)c2cccc(-c3ccccc3)c2)CC1. The van der Waals surface area contributed by atoms with Crippen LogP contribution in [0.4, 0.5) is 4.39 Å². The maximum Gasteiger partial charge on any atom is 0.251 e. The molecular weight excluding hydrogens is 541 g/mol. The van der Waals surface area contributed by atoms with E-state index in [4.69, 9.17) is 0 Å². The first kappa shape index (κ1) is 29.0. The predicted molar refractivity (Wildman–Crippen MR) is 157 cm³/mol. The summed E-state index contributed by atoms with van der Waals surface area (Å²) in [6.45, 7) is 1.06. The number of piperazine rings is 1. The highest BCUT2D eigenvalue weighted by Gasteiger charge is 2.38. The van der Waals surface area contributed by atoms with Crippen molar-refractivity contribution in [3.05, 3.63) is 95.8 Å². The van der Waals surface area contributed by atoms with Crippen molar-refractivity contribution < 1.29 is 22.4 Å². The van der Waals surface area contributed by atoms with Gasteiger partial charge in [-0.15, -0.1) is 0 Å². The number of hydrogen-bond donors (Lipinski definition) is 1. The summed E-state index contributed by atoms with van der Waals surface area (Å²) in [5.41, 5.74) is 3.53. The summed E-state index contributed by atoms with van der Waals surface area (Å²) in [4.78, 5) is 28.7. The minimum atomic E-state index is -3.32. The molecule has 1 aliphatic heterocycles. The van der Waals surface area contributed by atoms with E-state index in [9.17, 15) is 22.4 Å². The summed E-state index contributed by atoms with van der Waals surface area (Å²) >= 11 is 0. The highest BCUT2D eigenvalue weighted by molar-refractivity contribution is 7.88. The van der Waals surface area contributed by atoms with Crippen LogP contribution in [0.1, 0.15) is 47.5 Å². The van der Waals surface area contributed by atoms with Gasteiger partial charge >= 0.3 is 0 Å². The van der Waals surface area contributed by atoms with Gasteiger partial charge in [-0.2, -0.15) is 4.31 Å². The number of carbonyl (C=O) groups is 2. The fraction of sp³-hybridized carbons (Fsp3) is 0.375. The Bertz CT molecular complexity index is 1470. The highest BCUT2D eigenvalue weighted by atomic mass is 32.2. The van der Waals surface area contributed by atoms with E-state index >= 15 is 0 Å². The Kier molecular flexibility index (Phi) is 8.85. The average Bonchev–Trinajstić information content (AvgIpc) is 3.76. The molecule has 0 radical (unpaired) electrons. The summed E-state index contributed by atoms with van der Waals surface area (Å²) in [5, 5.41) is 2.99. The van der Waals surface area contributed by atoms with Crippen LogP contribution in [0.25, 0.3) is 11.1 Å². The van der Waals surface area contributed by atoms with Gasteiger partial charge in [0.15, 0.2) is 0 Å². The number of sulfonamides is 1. The molecule has 3 aromatic rings. The third-order valence-corrected chi connectivity index (χ3v) is 9.45. The Morgan fingerprint density at radius 3 is 2.29 bits per heavy atom. The molecule has 1 aliphatic carbocycles. The lowest BCUT2D eigenvalue weighted by Gasteiger charge is -2.35. The molecule has 9 heteroatoms. The molecule has 2 amide bonds. The second-order valence-corrected chi connectivity index (χ2v) is 13.0. The molecule has 7 nitrogen and oxygen atoms in total. The molecule has 1 N–H and O–H groups in total. The normalized spacial score (nSPS) is 19.9. The van der Waals surface area contributed by atoms with Crippen molar-refractivity contribution in [1.82, 2.24) is 14.5 Å². The quantitative estimate of drug-likeness (QED) is 0.380. The smallest absolute Gasteiger partial charge is 0.251 e. The Hall–Kier alpha value is -3.56. The van der Waals surface area contributed by atoms with Crippen molar-refractivity contribution in [1.29, 1.82) is 0 Å². The van der Waals surface area contributed by atoms with Crippen LogP contribution in [-0.2, 0) is 14.8 Å². The maximum absolute atomic E-state index is 13.6. The van der Waals surface area contributed by atoms with Gasteiger partial charge in [-0.25, -0.2) is 12.8 Å². The minimum Gasteiger partial charge on any atom is -0.340 e. The van der Waals surface area contributed by atoms with Gasteiger partial charge in [0.25, 0.3) is 5.91 Å². The average molecular weight is 578 g/mol. The Morgan fingerprint density at radius 2 is 1.61 bits per heavy atom. The molecule has 3 aromatic carbocycles. The van der Waals surface area contributed by atoms with Gasteiger partial charge in [0.2, 0.25) is 15.9 Å². The lowest BCUT2D eigenvalue weighted by atomic mass is 10.0. The number of nitrogens with one attached hydrogen (secondary N) is 1. The zero-order chi connectivity index (χ0) is 29.0.